The summed E-state index contributed by atoms with van der Waals surface area (Å²) in [5, 5.41) is 29.0. The number of aromatic hydroxyl groups is 2. The van der Waals surface area contributed by atoms with E-state index in [1.165, 1.54) is 0 Å². The van der Waals surface area contributed by atoms with Crippen molar-refractivity contribution in [1.29, 1.82) is 0 Å². The van der Waals surface area contributed by atoms with Crippen LogP contribution in [0.2, 0.25) is 0 Å². The summed E-state index contributed by atoms with van der Waals surface area (Å²) in [4.78, 5) is 0. The number of hydrogen-bond donors (Lipinski definition) is 2. The number of aromatic nitrogens is 2. The van der Waals surface area contributed by atoms with Gasteiger partial charge in [0.15, 0.2) is 0 Å². The van der Waals surface area contributed by atoms with Crippen molar-refractivity contribution in [3.05, 3.63) is 181 Å². The summed E-state index contributed by atoms with van der Waals surface area (Å²) >= 11 is 0. The lowest BCUT2D eigenvalue weighted by molar-refractivity contribution is 0.00560. The summed E-state index contributed by atoms with van der Waals surface area (Å²) in [5.41, 5.74) is 9.15. The zero-order valence-corrected chi connectivity index (χ0v) is 36.5. The highest BCUT2D eigenvalue weighted by Crippen LogP contribution is 2.46. The highest BCUT2D eigenvalue weighted by atomic mass is 16.5. The number of phenolic OH excluding ortho intramolecular Hbond substituents is 2. The van der Waals surface area contributed by atoms with Crippen molar-refractivity contribution in [3.63, 3.8) is 0 Å². The Balaban J connectivity index is 0.969. The van der Waals surface area contributed by atoms with E-state index >= 15 is 0 Å². The van der Waals surface area contributed by atoms with E-state index in [4.69, 9.17) is 9.47 Å². The van der Waals surface area contributed by atoms with Gasteiger partial charge in [0, 0.05) is 50.2 Å². The zero-order valence-electron chi connectivity index (χ0n) is 36.5. The first kappa shape index (κ1) is 39.7. The minimum absolute atomic E-state index is 0.182. The normalized spacial score (nSPS) is 12.2. The van der Waals surface area contributed by atoms with Crippen LogP contribution in [0.1, 0.15) is 45.2 Å². The first-order chi connectivity index (χ1) is 30.4. The first-order valence-corrected chi connectivity index (χ1v) is 21.6. The van der Waals surface area contributed by atoms with Gasteiger partial charge in [-0.2, -0.15) is 0 Å². The van der Waals surface area contributed by atoms with E-state index in [-0.39, 0.29) is 11.5 Å². The summed E-state index contributed by atoms with van der Waals surface area (Å²) in [6.07, 6.45) is 0.515. The van der Waals surface area contributed by atoms with Crippen molar-refractivity contribution < 1.29 is 19.7 Å². The Morgan fingerprint density at radius 1 is 0.397 bits per heavy atom. The number of rotatable bonds is 10. The van der Waals surface area contributed by atoms with Crippen LogP contribution in [-0.4, -0.2) is 30.5 Å². The largest absolute Gasteiger partial charge is 0.505 e. The number of fused-ring (bicyclic) bond motifs is 6. The van der Waals surface area contributed by atoms with Gasteiger partial charge in [0.25, 0.3) is 0 Å². The SMILES string of the molecule is Cc1cc(-c2ccccc2OC(C)(C)CC(C)(C)Oc2ccccc2-c2cc(C)cc(-n3c4ccccc4c4ccccc43)c2O)c(O)c(-n2c3ccccc3c3ccccc32)c1. The lowest BCUT2D eigenvalue weighted by Crippen LogP contribution is -2.41. The predicted octanol–water partition coefficient (Wildman–Crippen LogP) is 14.6. The van der Waals surface area contributed by atoms with Crippen molar-refractivity contribution in [2.75, 3.05) is 0 Å². The van der Waals surface area contributed by atoms with Gasteiger partial charge in [-0.05, 0) is 113 Å². The Morgan fingerprint density at radius 2 is 0.698 bits per heavy atom. The van der Waals surface area contributed by atoms with E-state index in [0.717, 1.165) is 65.9 Å². The molecule has 2 aromatic heterocycles. The molecular weight excluding hydrogens is 777 g/mol. The molecule has 0 amide bonds. The molecule has 0 aliphatic rings. The monoisotopic (exact) mass is 826 g/mol. The fourth-order valence-corrected chi connectivity index (χ4v) is 9.88. The molecule has 6 nitrogen and oxygen atoms in total. The molecule has 312 valence electrons. The Hall–Kier alpha value is -7.44. The van der Waals surface area contributed by atoms with Gasteiger partial charge in [-0.3, -0.25) is 0 Å². The van der Waals surface area contributed by atoms with E-state index in [2.05, 4.69) is 123 Å². The molecule has 0 bridgehead atoms. The molecule has 0 atom stereocenters. The molecule has 10 rings (SSSR count). The second-order valence-corrected chi connectivity index (χ2v) is 18.0. The summed E-state index contributed by atoms with van der Waals surface area (Å²) in [6.45, 7) is 12.4. The third-order valence-electron chi connectivity index (χ3n) is 12.1. The van der Waals surface area contributed by atoms with Crippen LogP contribution in [-0.2, 0) is 0 Å². The van der Waals surface area contributed by atoms with Crippen LogP contribution in [0.3, 0.4) is 0 Å². The van der Waals surface area contributed by atoms with Gasteiger partial charge in [0.2, 0.25) is 0 Å². The topological polar surface area (TPSA) is 68.8 Å². The molecule has 2 N–H and O–H groups in total. The lowest BCUT2D eigenvalue weighted by atomic mass is 9.91. The number of para-hydroxylation sites is 6. The molecule has 10 aromatic rings. The maximum atomic E-state index is 12.2. The quantitative estimate of drug-likeness (QED) is 0.144. The molecular formula is C57H50N2O4. The Labute approximate surface area is 367 Å². The molecule has 0 unspecified atom stereocenters. The zero-order chi connectivity index (χ0) is 43.6. The molecule has 0 aliphatic carbocycles. The highest BCUT2D eigenvalue weighted by Gasteiger charge is 2.34. The Morgan fingerprint density at radius 3 is 1.05 bits per heavy atom. The number of hydrogen-bond acceptors (Lipinski definition) is 4. The number of aryl methyl sites for hydroxylation is 2. The molecule has 0 saturated heterocycles. The van der Waals surface area contributed by atoms with E-state index in [1.54, 1.807) is 0 Å². The van der Waals surface area contributed by atoms with Crippen LogP contribution in [0.5, 0.6) is 23.0 Å². The predicted molar refractivity (Wildman–Crippen MR) is 259 cm³/mol. The highest BCUT2D eigenvalue weighted by molar-refractivity contribution is 6.10. The minimum atomic E-state index is -0.709. The first-order valence-electron chi connectivity index (χ1n) is 21.6. The number of ether oxygens (including phenoxy) is 2. The maximum absolute atomic E-state index is 12.2. The van der Waals surface area contributed by atoms with E-state index in [1.807, 2.05) is 97.1 Å². The Kier molecular flexibility index (Phi) is 9.56. The number of nitrogens with zero attached hydrogens (tertiary/aromatic N) is 2. The fraction of sp³-hybridized carbons (Fsp3) is 0.158. The van der Waals surface area contributed by atoms with Gasteiger partial charge in [-0.1, -0.05) is 109 Å². The molecule has 6 heteroatoms. The van der Waals surface area contributed by atoms with Gasteiger partial charge in [0.05, 0.1) is 33.4 Å². The van der Waals surface area contributed by atoms with Crippen LogP contribution in [0.15, 0.2) is 170 Å². The van der Waals surface area contributed by atoms with Crippen molar-refractivity contribution >= 4 is 43.6 Å². The standard InChI is InChI=1S/C57H50N2O4/c1-36-31-44(54(60)50(33-36)58-46-25-13-7-19-38(46)39-20-8-14-26-47(39)58)42-23-11-17-29-52(42)62-56(3,4)35-57(5,6)63-53-30-18-12-24-43(53)45-32-37(2)34-51(55(45)61)59-48-27-15-9-21-40(48)41-22-10-16-28-49(41)59/h7-34,60-61H,35H2,1-6H3. The molecule has 8 aromatic carbocycles. The van der Waals surface area contributed by atoms with Gasteiger partial charge in [-0.25, -0.2) is 0 Å². The van der Waals surface area contributed by atoms with Gasteiger partial charge >= 0.3 is 0 Å². The molecule has 0 saturated carbocycles. The minimum Gasteiger partial charge on any atom is -0.505 e. The smallest absolute Gasteiger partial charge is 0.147 e. The average molecular weight is 827 g/mol. The summed E-state index contributed by atoms with van der Waals surface area (Å²) in [7, 11) is 0. The van der Waals surface area contributed by atoms with Crippen molar-refractivity contribution in [2.24, 2.45) is 0 Å². The third-order valence-corrected chi connectivity index (χ3v) is 12.1. The summed E-state index contributed by atoms with van der Waals surface area (Å²) < 4.78 is 18.2. The maximum Gasteiger partial charge on any atom is 0.147 e. The van der Waals surface area contributed by atoms with Gasteiger partial charge in [-0.15, -0.1) is 0 Å². The van der Waals surface area contributed by atoms with E-state index in [0.29, 0.717) is 40.4 Å². The second kappa shape index (κ2) is 15.2. The van der Waals surface area contributed by atoms with Gasteiger partial charge < -0.3 is 28.8 Å². The van der Waals surface area contributed by atoms with Crippen LogP contribution in [0.25, 0.3) is 77.2 Å². The fourth-order valence-electron chi connectivity index (χ4n) is 9.88. The third kappa shape index (κ3) is 7.02. The second-order valence-electron chi connectivity index (χ2n) is 18.0. The molecule has 0 aliphatic heterocycles. The average Bonchev–Trinajstić information content (AvgIpc) is 3.78. The summed E-state index contributed by atoms with van der Waals surface area (Å²) in [6, 6.07) is 57.3. The molecule has 0 spiro atoms. The van der Waals surface area contributed by atoms with Crippen molar-refractivity contribution in [2.45, 2.75) is 59.2 Å². The molecule has 63 heavy (non-hydrogen) atoms. The molecule has 0 radical (unpaired) electrons. The Bertz CT molecular complexity index is 3060. The summed E-state index contributed by atoms with van der Waals surface area (Å²) in [5.74, 6) is 1.69. The number of phenols is 2. The lowest BCUT2D eigenvalue weighted by Gasteiger charge is -2.36. The van der Waals surface area contributed by atoms with Crippen LogP contribution in [0, 0.1) is 13.8 Å². The van der Waals surface area contributed by atoms with Crippen molar-refractivity contribution in [3.8, 4) is 56.6 Å². The van der Waals surface area contributed by atoms with E-state index in [9.17, 15) is 10.2 Å². The van der Waals surface area contributed by atoms with E-state index < -0.39 is 11.2 Å². The van der Waals surface area contributed by atoms with Crippen molar-refractivity contribution in [1.82, 2.24) is 9.13 Å². The number of benzene rings is 8. The molecule has 2 heterocycles. The molecule has 0 fully saturated rings. The van der Waals surface area contributed by atoms with Crippen LogP contribution < -0.4 is 9.47 Å². The van der Waals surface area contributed by atoms with Crippen LogP contribution >= 0.6 is 0 Å². The van der Waals surface area contributed by atoms with Crippen LogP contribution in [0.4, 0.5) is 0 Å². The van der Waals surface area contributed by atoms with Gasteiger partial charge in [0.1, 0.15) is 34.2 Å².